The third-order valence-electron chi connectivity index (χ3n) is 1.47. The van der Waals surface area contributed by atoms with E-state index in [0.717, 1.165) is 0 Å². The number of hydrogen-bond acceptors (Lipinski definition) is 3. The summed E-state index contributed by atoms with van der Waals surface area (Å²) < 4.78 is 0. The highest BCUT2D eigenvalue weighted by Gasteiger charge is 2.07. The summed E-state index contributed by atoms with van der Waals surface area (Å²) in [6.45, 7) is 0. The predicted octanol–water partition coefficient (Wildman–Crippen LogP) is 1.99. The molecule has 0 aromatic heterocycles. The number of carbonyl (C=O) groups is 1. The molecule has 0 fully saturated rings. The summed E-state index contributed by atoms with van der Waals surface area (Å²) in [5, 5.41) is 10.6. The molecule has 0 radical (unpaired) electrons. The molecular weight excluding hydrogens is 194 g/mol. The normalized spacial score (nSPS) is 9.62. The van der Waals surface area contributed by atoms with Crippen molar-refractivity contribution in [3.8, 4) is 0 Å². The molecule has 0 spiro atoms. The van der Waals surface area contributed by atoms with Crippen molar-refractivity contribution in [2.75, 3.05) is 0 Å². The van der Waals surface area contributed by atoms with Gasteiger partial charge in [0.1, 0.15) is 6.29 Å². The number of nitro groups is 1. The minimum Gasteiger partial charge on any atom is -0.303 e. The molecule has 0 bridgehead atoms. The highest BCUT2D eigenvalue weighted by atomic mass is 35.5. The van der Waals surface area contributed by atoms with Crippen molar-refractivity contribution in [2.24, 2.45) is 0 Å². The molecule has 1 rings (SSSR count). The summed E-state index contributed by atoms with van der Waals surface area (Å²) >= 11 is 5.61. The van der Waals surface area contributed by atoms with E-state index in [4.69, 9.17) is 11.6 Å². The molecule has 1 aromatic rings. The van der Waals surface area contributed by atoms with Gasteiger partial charge >= 0.3 is 0 Å². The van der Waals surface area contributed by atoms with Gasteiger partial charge < -0.3 is 4.79 Å². The highest BCUT2D eigenvalue weighted by molar-refractivity contribution is 6.30. The molecule has 0 aliphatic heterocycles. The van der Waals surface area contributed by atoms with Gasteiger partial charge in [-0.3, -0.25) is 10.1 Å². The van der Waals surface area contributed by atoms with Gasteiger partial charge in [-0.25, -0.2) is 0 Å². The van der Waals surface area contributed by atoms with Crippen LogP contribution in [0, 0.1) is 10.1 Å². The third kappa shape index (κ3) is 2.52. The second-order valence-electron chi connectivity index (χ2n) is 2.45. The van der Waals surface area contributed by atoms with Gasteiger partial charge in [0.05, 0.1) is 4.92 Å². The summed E-state index contributed by atoms with van der Waals surface area (Å²) in [5.41, 5.74) is 0.457. The summed E-state index contributed by atoms with van der Waals surface area (Å²) in [5.74, 6) is 0. The van der Waals surface area contributed by atoms with Gasteiger partial charge in [-0.05, 0) is 11.6 Å². The van der Waals surface area contributed by atoms with Crippen LogP contribution in [0.2, 0.25) is 5.02 Å². The molecule has 0 saturated heterocycles. The lowest BCUT2D eigenvalue weighted by Crippen LogP contribution is -1.91. The third-order valence-corrected chi connectivity index (χ3v) is 1.69. The predicted molar refractivity (Wildman–Crippen MR) is 47.9 cm³/mol. The molecule has 0 saturated carbocycles. The van der Waals surface area contributed by atoms with Crippen LogP contribution in [0.5, 0.6) is 0 Å². The van der Waals surface area contributed by atoms with E-state index >= 15 is 0 Å². The highest BCUT2D eigenvalue weighted by Crippen LogP contribution is 2.20. The zero-order valence-corrected chi connectivity index (χ0v) is 7.32. The topological polar surface area (TPSA) is 60.2 Å². The fourth-order valence-corrected chi connectivity index (χ4v) is 1.20. The maximum absolute atomic E-state index is 10.4. The smallest absolute Gasteiger partial charge is 0.271 e. The molecule has 0 aliphatic rings. The molecule has 0 N–H and O–H groups in total. The number of hydrogen-bond donors (Lipinski definition) is 0. The average Bonchev–Trinajstić information content (AvgIpc) is 2.03. The van der Waals surface area contributed by atoms with E-state index in [2.05, 4.69) is 0 Å². The van der Waals surface area contributed by atoms with Crippen molar-refractivity contribution < 1.29 is 9.72 Å². The molecule has 68 valence electrons. The molecule has 0 aliphatic carbocycles. The van der Waals surface area contributed by atoms with Gasteiger partial charge in [-0.1, -0.05) is 11.6 Å². The largest absolute Gasteiger partial charge is 0.303 e. The first kappa shape index (κ1) is 9.67. The zero-order chi connectivity index (χ0) is 9.84. The summed E-state index contributed by atoms with van der Waals surface area (Å²) in [4.78, 5) is 20.0. The van der Waals surface area contributed by atoms with Gasteiger partial charge in [-0.15, -0.1) is 0 Å². The van der Waals surface area contributed by atoms with Gasteiger partial charge in [-0.2, -0.15) is 0 Å². The van der Waals surface area contributed by atoms with Gasteiger partial charge in [0.2, 0.25) is 0 Å². The Morgan fingerprint density at radius 1 is 1.46 bits per heavy atom. The molecule has 0 atom stereocenters. The van der Waals surface area contributed by atoms with E-state index in [-0.39, 0.29) is 17.1 Å². The standard InChI is InChI=1S/C8H6ClNO3/c9-7-3-6(1-2-11)4-8(5-7)10(12)13/h2-5H,1H2. The van der Waals surface area contributed by atoms with Crippen LogP contribution in [0.25, 0.3) is 0 Å². The van der Waals surface area contributed by atoms with Crippen molar-refractivity contribution in [1.29, 1.82) is 0 Å². The maximum Gasteiger partial charge on any atom is 0.271 e. The van der Waals surface area contributed by atoms with Crippen molar-refractivity contribution in [1.82, 2.24) is 0 Å². The zero-order valence-electron chi connectivity index (χ0n) is 6.57. The molecular formula is C8H6ClNO3. The van der Waals surface area contributed by atoms with Gasteiger partial charge in [0, 0.05) is 23.6 Å². The fourth-order valence-electron chi connectivity index (χ4n) is 0.953. The second kappa shape index (κ2) is 4.00. The molecule has 13 heavy (non-hydrogen) atoms. The lowest BCUT2D eigenvalue weighted by atomic mass is 10.1. The number of nitro benzene ring substituents is 1. The molecule has 5 heteroatoms. The molecule has 0 amide bonds. The first-order chi connectivity index (χ1) is 6.13. The SMILES string of the molecule is O=CCc1cc(Cl)cc([N+](=O)[O-])c1. The molecule has 4 nitrogen and oxygen atoms in total. The van der Waals surface area contributed by atoms with Crippen LogP contribution in [-0.4, -0.2) is 11.2 Å². The molecule has 0 heterocycles. The quantitative estimate of drug-likeness (QED) is 0.425. The Bertz CT molecular complexity index is 351. The van der Waals surface area contributed by atoms with E-state index < -0.39 is 4.92 Å². The van der Waals surface area contributed by atoms with E-state index in [1.807, 2.05) is 0 Å². The van der Waals surface area contributed by atoms with Crippen LogP contribution in [0.4, 0.5) is 5.69 Å². The number of halogens is 1. The number of benzene rings is 1. The van der Waals surface area contributed by atoms with E-state index in [0.29, 0.717) is 11.8 Å². The first-order valence-electron chi connectivity index (χ1n) is 3.51. The van der Waals surface area contributed by atoms with Gasteiger partial charge in [0.25, 0.3) is 5.69 Å². The lowest BCUT2D eigenvalue weighted by Gasteiger charge is -1.97. The average molecular weight is 200 g/mol. The maximum atomic E-state index is 10.4. The minimum absolute atomic E-state index is 0.0932. The van der Waals surface area contributed by atoms with Crippen LogP contribution in [0.1, 0.15) is 5.56 Å². The summed E-state index contributed by atoms with van der Waals surface area (Å²) in [6.07, 6.45) is 0.816. The summed E-state index contributed by atoms with van der Waals surface area (Å²) in [7, 11) is 0. The van der Waals surface area contributed by atoms with Crippen molar-refractivity contribution in [3.63, 3.8) is 0 Å². The van der Waals surface area contributed by atoms with Crippen LogP contribution in [0.3, 0.4) is 0 Å². The Balaban J connectivity index is 3.10. The monoisotopic (exact) mass is 199 g/mol. The molecule has 1 aromatic carbocycles. The van der Waals surface area contributed by atoms with Crippen molar-refractivity contribution in [2.45, 2.75) is 6.42 Å². The summed E-state index contributed by atoms with van der Waals surface area (Å²) in [6, 6.07) is 4.11. The number of rotatable bonds is 3. The Morgan fingerprint density at radius 3 is 2.69 bits per heavy atom. The van der Waals surface area contributed by atoms with E-state index in [1.54, 1.807) is 0 Å². The van der Waals surface area contributed by atoms with Crippen molar-refractivity contribution >= 4 is 23.6 Å². The van der Waals surface area contributed by atoms with E-state index in [1.165, 1.54) is 18.2 Å². The fraction of sp³-hybridized carbons (Fsp3) is 0.125. The number of nitrogens with zero attached hydrogens (tertiary/aromatic N) is 1. The van der Waals surface area contributed by atoms with Crippen LogP contribution < -0.4 is 0 Å². The van der Waals surface area contributed by atoms with Crippen molar-refractivity contribution in [3.05, 3.63) is 38.9 Å². The Kier molecular flexibility index (Phi) is 2.97. The Morgan fingerprint density at radius 2 is 2.15 bits per heavy atom. The van der Waals surface area contributed by atoms with Crippen LogP contribution >= 0.6 is 11.6 Å². The molecule has 0 unspecified atom stereocenters. The van der Waals surface area contributed by atoms with Gasteiger partial charge in [0.15, 0.2) is 0 Å². The number of carbonyl (C=O) groups excluding carboxylic acids is 1. The number of non-ortho nitro benzene ring substituents is 1. The van der Waals surface area contributed by atoms with Crippen LogP contribution in [-0.2, 0) is 11.2 Å². The first-order valence-corrected chi connectivity index (χ1v) is 3.89. The van der Waals surface area contributed by atoms with Crippen LogP contribution in [0.15, 0.2) is 18.2 Å². The Labute approximate surface area is 79.3 Å². The van der Waals surface area contributed by atoms with E-state index in [9.17, 15) is 14.9 Å². The number of aldehydes is 1. The minimum atomic E-state index is -0.541. The Hall–Kier alpha value is -1.42. The lowest BCUT2D eigenvalue weighted by molar-refractivity contribution is -0.384. The second-order valence-corrected chi connectivity index (χ2v) is 2.88.